The number of anilines is 1. The molecule has 2 rings (SSSR count). The third-order valence-electron chi connectivity index (χ3n) is 3.21. The molecule has 0 radical (unpaired) electrons. The highest BCUT2D eigenvalue weighted by atomic mass is 16.5. The number of rotatable bonds is 5. The Morgan fingerprint density at radius 3 is 2.62 bits per heavy atom. The molecule has 88 valence electrons. The third-order valence-corrected chi connectivity index (χ3v) is 3.21. The SMILES string of the molecule is COc1ccc(NCC2CCC2)c(OC)c1. The zero-order valence-corrected chi connectivity index (χ0v) is 9.95. The van der Waals surface area contributed by atoms with Gasteiger partial charge >= 0.3 is 0 Å². The molecule has 3 nitrogen and oxygen atoms in total. The van der Waals surface area contributed by atoms with Gasteiger partial charge in [-0.3, -0.25) is 0 Å². The van der Waals surface area contributed by atoms with Crippen LogP contribution < -0.4 is 14.8 Å². The second-order valence-electron chi connectivity index (χ2n) is 4.24. The molecule has 1 aliphatic rings. The summed E-state index contributed by atoms with van der Waals surface area (Å²) in [6.45, 7) is 1.04. The van der Waals surface area contributed by atoms with Gasteiger partial charge in [-0.1, -0.05) is 6.42 Å². The molecular formula is C13H19NO2. The average molecular weight is 221 g/mol. The van der Waals surface area contributed by atoms with Gasteiger partial charge in [-0.2, -0.15) is 0 Å². The van der Waals surface area contributed by atoms with Gasteiger partial charge in [0.2, 0.25) is 0 Å². The maximum Gasteiger partial charge on any atom is 0.145 e. The molecule has 0 amide bonds. The van der Waals surface area contributed by atoms with Crippen LogP contribution in [0.25, 0.3) is 0 Å². The van der Waals surface area contributed by atoms with Crippen molar-refractivity contribution in [2.75, 3.05) is 26.1 Å². The molecule has 16 heavy (non-hydrogen) atoms. The Balaban J connectivity index is 2.00. The summed E-state index contributed by atoms with van der Waals surface area (Å²) in [7, 11) is 3.35. The summed E-state index contributed by atoms with van der Waals surface area (Å²) in [6, 6.07) is 5.87. The predicted molar refractivity (Wildman–Crippen MR) is 65.4 cm³/mol. The molecule has 1 aromatic carbocycles. The van der Waals surface area contributed by atoms with Gasteiger partial charge < -0.3 is 14.8 Å². The van der Waals surface area contributed by atoms with Gasteiger partial charge in [0.25, 0.3) is 0 Å². The van der Waals surface area contributed by atoms with E-state index in [9.17, 15) is 0 Å². The molecule has 0 heterocycles. The summed E-state index contributed by atoms with van der Waals surface area (Å²) < 4.78 is 10.5. The quantitative estimate of drug-likeness (QED) is 0.829. The first-order chi connectivity index (χ1) is 7.83. The van der Waals surface area contributed by atoms with Crippen LogP contribution in [0, 0.1) is 5.92 Å². The lowest BCUT2D eigenvalue weighted by Crippen LogP contribution is -2.21. The lowest BCUT2D eigenvalue weighted by atomic mass is 9.85. The van der Waals surface area contributed by atoms with Crippen LogP contribution in [0.5, 0.6) is 11.5 Å². The van der Waals surface area contributed by atoms with Crippen molar-refractivity contribution in [3.8, 4) is 11.5 Å². The lowest BCUT2D eigenvalue weighted by molar-refractivity contribution is 0.332. The van der Waals surface area contributed by atoms with E-state index in [0.717, 1.165) is 29.6 Å². The van der Waals surface area contributed by atoms with E-state index in [0.29, 0.717) is 0 Å². The van der Waals surface area contributed by atoms with Crippen molar-refractivity contribution in [1.29, 1.82) is 0 Å². The van der Waals surface area contributed by atoms with Gasteiger partial charge in [-0.05, 0) is 30.9 Å². The first-order valence-corrected chi connectivity index (χ1v) is 5.79. The maximum absolute atomic E-state index is 5.33. The van der Waals surface area contributed by atoms with E-state index in [4.69, 9.17) is 9.47 Å². The Kier molecular flexibility index (Phi) is 3.54. The monoisotopic (exact) mass is 221 g/mol. The van der Waals surface area contributed by atoms with E-state index in [-0.39, 0.29) is 0 Å². The molecular weight excluding hydrogens is 202 g/mol. The molecule has 1 saturated carbocycles. The van der Waals surface area contributed by atoms with Crippen LogP contribution in [0.3, 0.4) is 0 Å². The second-order valence-corrected chi connectivity index (χ2v) is 4.24. The summed E-state index contributed by atoms with van der Waals surface area (Å²) in [4.78, 5) is 0. The van der Waals surface area contributed by atoms with Crippen LogP contribution in [-0.2, 0) is 0 Å². The second kappa shape index (κ2) is 5.10. The third kappa shape index (κ3) is 2.40. The molecule has 1 fully saturated rings. The molecule has 1 aliphatic carbocycles. The Labute approximate surface area is 96.8 Å². The zero-order valence-electron chi connectivity index (χ0n) is 9.95. The summed E-state index contributed by atoms with van der Waals surface area (Å²) in [5.74, 6) is 2.51. The van der Waals surface area contributed by atoms with Crippen LogP contribution in [0.15, 0.2) is 18.2 Å². The zero-order chi connectivity index (χ0) is 11.4. The van der Waals surface area contributed by atoms with Gasteiger partial charge in [0.1, 0.15) is 11.5 Å². The number of benzene rings is 1. The van der Waals surface area contributed by atoms with Crippen molar-refractivity contribution in [1.82, 2.24) is 0 Å². The highest BCUT2D eigenvalue weighted by Gasteiger charge is 2.17. The predicted octanol–water partition coefficient (Wildman–Crippen LogP) is 2.92. The van der Waals surface area contributed by atoms with E-state index >= 15 is 0 Å². The fourth-order valence-corrected chi connectivity index (χ4v) is 1.90. The molecule has 0 spiro atoms. The molecule has 0 saturated heterocycles. The molecule has 0 unspecified atom stereocenters. The number of methoxy groups -OCH3 is 2. The minimum absolute atomic E-state index is 0.825. The van der Waals surface area contributed by atoms with Crippen LogP contribution >= 0.6 is 0 Å². The molecule has 0 aliphatic heterocycles. The van der Waals surface area contributed by atoms with Crippen LogP contribution in [0.4, 0.5) is 5.69 Å². The van der Waals surface area contributed by atoms with Gasteiger partial charge in [-0.15, -0.1) is 0 Å². The Morgan fingerprint density at radius 1 is 1.25 bits per heavy atom. The van der Waals surface area contributed by atoms with E-state index in [1.54, 1.807) is 14.2 Å². The van der Waals surface area contributed by atoms with Crippen molar-refractivity contribution in [3.05, 3.63) is 18.2 Å². The Hall–Kier alpha value is -1.38. The summed E-state index contributed by atoms with van der Waals surface area (Å²) in [5.41, 5.74) is 1.05. The van der Waals surface area contributed by atoms with Crippen molar-refractivity contribution in [2.24, 2.45) is 5.92 Å². The first kappa shape index (κ1) is 11.1. The van der Waals surface area contributed by atoms with Gasteiger partial charge in [0.05, 0.1) is 19.9 Å². The highest BCUT2D eigenvalue weighted by molar-refractivity contribution is 5.59. The number of nitrogens with one attached hydrogen (secondary N) is 1. The fourth-order valence-electron chi connectivity index (χ4n) is 1.90. The number of hydrogen-bond acceptors (Lipinski definition) is 3. The molecule has 1 aromatic rings. The summed E-state index contributed by atoms with van der Waals surface area (Å²) >= 11 is 0. The fraction of sp³-hybridized carbons (Fsp3) is 0.538. The van der Waals surface area contributed by atoms with Crippen molar-refractivity contribution in [3.63, 3.8) is 0 Å². The Morgan fingerprint density at radius 2 is 2.06 bits per heavy atom. The average Bonchev–Trinajstić information content (AvgIpc) is 2.27. The van der Waals surface area contributed by atoms with E-state index in [1.165, 1.54) is 19.3 Å². The largest absolute Gasteiger partial charge is 0.497 e. The normalized spacial score (nSPS) is 15.4. The van der Waals surface area contributed by atoms with Crippen molar-refractivity contribution >= 4 is 5.69 Å². The lowest BCUT2D eigenvalue weighted by Gasteiger charge is -2.26. The van der Waals surface area contributed by atoms with Crippen LogP contribution in [-0.4, -0.2) is 20.8 Å². The highest BCUT2D eigenvalue weighted by Crippen LogP contribution is 2.31. The minimum Gasteiger partial charge on any atom is -0.497 e. The topological polar surface area (TPSA) is 30.5 Å². The molecule has 0 atom stereocenters. The standard InChI is InChI=1S/C13H19NO2/c1-15-11-6-7-12(13(8-11)16-2)14-9-10-4-3-5-10/h6-8,10,14H,3-5,9H2,1-2H3. The van der Waals surface area contributed by atoms with E-state index < -0.39 is 0 Å². The van der Waals surface area contributed by atoms with E-state index in [1.807, 2.05) is 18.2 Å². The summed E-state index contributed by atoms with van der Waals surface area (Å²) in [5, 5.41) is 3.44. The first-order valence-electron chi connectivity index (χ1n) is 5.79. The summed E-state index contributed by atoms with van der Waals surface area (Å²) in [6.07, 6.45) is 4.09. The minimum atomic E-state index is 0.825. The van der Waals surface area contributed by atoms with Crippen molar-refractivity contribution in [2.45, 2.75) is 19.3 Å². The van der Waals surface area contributed by atoms with E-state index in [2.05, 4.69) is 5.32 Å². The van der Waals surface area contributed by atoms with Crippen LogP contribution in [0.1, 0.15) is 19.3 Å². The molecule has 1 N–H and O–H groups in total. The molecule has 0 bridgehead atoms. The van der Waals surface area contributed by atoms with Crippen molar-refractivity contribution < 1.29 is 9.47 Å². The smallest absolute Gasteiger partial charge is 0.145 e. The number of ether oxygens (including phenoxy) is 2. The number of hydrogen-bond donors (Lipinski definition) is 1. The van der Waals surface area contributed by atoms with Gasteiger partial charge in [0, 0.05) is 12.6 Å². The van der Waals surface area contributed by atoms with Gasteiger partial charge in [0.15, 0.2) is 0 Å². The Bertz CT molecular complexity index is 348. The van der Waals surface area contributed by atoms with Crippen LogP contribution in [0.2, 0.25) is 0 Å². The van der Waals surface area contributed by atoms with Gasteiger partial charge in [-0.25, -0.2) is 0 Å². The molecule has 3 heteroatoms. The maximum atomic E-state index is 5.33. The molecule has 0 aromatic heterocycles.